The second-order valence-corrected chi connectivity index (χ2v) is 6.12. The molecule has 0 unspecified atom stereocenters. The van der Waals surface area contributed by atoms with Crippen molar-refractivity contribution in [3.63, 3.8) is 0 Å². The number of aryl methyl sites for hydroxylation is 1. The van der Waals surface area contributed by atoms with Gasteiger partial charge in [0.05, 0.1) is 12.9 Å². The van der Waals surface area contributed by atoms with E-state index in [1.807, 2.05) is 25.1 Å². The van der Waals surface area contributed by atoms with E-state index >= 15 is 0 Å². The van der Waals surface area contributed by atoms with E-state index in [1.54, 1.807) is 11.8 Å². The predicted molar refractivity (Wildman–Crippen MR) is 82.3 cm³/mol. The Morgan fingerprint density at radius 3 is 3.05 bits per heavy atom. The van der Waals surface area contributed by atoms with Gasteiger partial charge < -0.3 is 10.1 Å². The number of amides is 1. The Bertz CT molecular complexity index is 684. The van der Waals surface area contributed by atoms with E-state index in [-0.39, 0.29) is 5.91 Å². The van der Waals surface area contributed by atoms with E-state index < -0.39 is 0 Å². The first kappa shape index (κ1) is 14.8. The zero-order chi connectivity index (χ0) is 15.5. The molecule has 0 atom stereocenters. The van der Waals surface area contributed by atoms with Crippen molar-refractivity contribution in [2.24, 2.45) is 0 Å². The summed E-state index contributed by atoms with van der Waals surface area (Å²) in [5, 5.41) is 15.2. The number of hydrogen-bond donors (Lipinski definition) is 1. The molecule has 0 spiro atoms. The Morgan fingerprint density at radius 2 is 2.32 bits per heavy atom. The molecule has 0 aliphatic heterocycles. The zero-order valence-corrected chi connectivity index (χ0v) is 13.3. The number of ether oxygens (including phenoxy) is 1. The average Bonchev–Trinajstić information content (AvgIpc) is 3.19. The van der Waals surface area contributed by atoms with E-state index in [2.05, 4.69) is 20.8 Å². The van der Waals surface area contributed by atoms with E-state index in [1.165, 1.54) is 11.8 Å². The summed E-state index contributed by atoms with van der Waals surface area (Å²) in [4.78, 5) is 11.8. The van der Waals surface area contributed by atoms with E-state index in [0.29, 0.717) is 22.7 Å². The fraction of sp³-hybridized carbons (Fsp3) is 0.429. The number of hydrogen-bond acceptors (Lipinski definition) is 6. The van der Waals surface area contributed by atoms with Crippen LogP contribution in [0.15, 0.2) is 23.4 Å². The molecule has 3 rings (SSSR count). The standard InChI is InChI=1S/C14H17N5O2S/c1-9-3-6-12(21-2)11(7-9)19-14(16-17-18-19)22-8-13(20)15-10-4-5-10/h3,6-7,10H,4-5,8H2,1-2H3,(H,15,20). The summed E-state index contributed by atoms with van der Waals surface area (Å²) >= 11 is 1.31. The van der Waals surface area contributed by atoms with Gasteiger partial charge in [0.15, 0.2) is 0 Å². The maximum atomic E-state index is 11.8. The second-order valence-electron chi connectivity index (χ2n) is 5.18. The smallest absolute Gasteiger partial charge is 0.230 e. The van der Waals surface area contributed by atoms with Crippen molar-refractivity contribution in [3.05, 3.63) is 23.8 Å². The summed E-state index contributed by atoms with van der Waals surface area (Å²) in [6.45, 7) is 1.99. The molecule has 1 aliphatic rings. The molecule has 0 saturated heterocycles. The molecule has 1 saturated carbocycles. The van der Waals surface area contributed by atoms with Gasteiger partial charge in [-0.15, -0.1) is 5.10 Å². The van der Waals surface area contributed by atoms with Crippen molar-refractivity contribution in [1.29, 1.82) is 0 Å². The third kappa shape index (κ3) is 3.38. The predicted octanol–water partition coefficient (Wildman–Crippen LogP) is 1.35. The van der Waals surface area contributed by atoms with Crippen LogP contribution in [-0.4, -0.2) is 45.0 Å². The van der Waals surface area contributed by atoms with Gasteiger partial charge in [-0.25, -0.2) is 0 Å². The van der Waals surface area contributed by atoms with Gasteiger partial charge in [-0.1, -0.05) is 17.8 Å². The van der Waals surface area contributed by atoms with Gasteiger partial charge in [0.2, 0.25) is 11.1 Å². The van der Waals surface area contributed by atoms with Gasteiger partial charge >= 0.3 is 0 Å². The summed E-state index contributed by atoms with van der Waals surface area (Å²) in [5.74, 6) is 0.991. The van der Waals surface area contributed by atoms with Crippen LogP contribution in [0.25, 0.3) is 5.69 Å². The third-order valence-corrected chi connectivity index (χ3v) is 4.20. The Hall–Kier alpha value is -2.09. The highest BCUT2D eigenvalue weighted by molar-refractivity contribution is 7.99. The maximum absolute atomic E-state index is 11.8. The molecule has 1 heterocycles. The summed E-state index contributed by atoms with van der Waals surface area (Å²) in [6, 6.07) is 6.15. The van der Waals surface area contributed by atoms with Crippen LogP contribution < -0.4 is 10.1 Å². The van der Waals surface area contributed by atoms with Crippen LogP contribution in [0, 0.1) is 6.92 Å². The lowest BCUT2D eigenvalue weighted by atomic mass is 10.2. The van der Waals surface area contributed by atoms with Crippen LogP contribution in [0.3, 0.4) is 0 Å². The van der Waals surface area contributed by atoms with Gasteiger partial charge in [-0.3, -0.25) is 4.79 Å². The molecule has 7 nitrogen and oxygen atoms in total. The second kappa shape index (κ2) is 6.35. The highest BCUT2D eigenvalue weighted by Gasteiger charge is 2.23. The number of carbonyl (C=O) groups excluding carboxylic acids is 1. The number of nitrogens with zero attached hydrogens (tertiary/aromatic N) is 4. The third-order valence-electron chi connectivity index (χ3n) is 3.28. The van der Waals surface area contributed by atoms with Crippen LogP contribution in [0.4, 0.5) is 0 Å². The van der Waals surface area contributed by atoms with E-state index in [0.717, 1.165) is 24.1 Å². The van der Waals surface area contributed by atoms with Crippen molar-refractivity contribution in [2.45, 2.75) is 31.0 Å². The molecule has 1 aromatic carbocycles. The summed E-state index contributed by atoms with van der Waals surface area (Å²) in [5.41, 5.74) is 1.84. The zero-order valence-electron chi connectivity index (χ0n) is 12.4. The van der Waals surface area contributed by atoms with Crippen molar-refractivity contribution in [1.82, 2.24) is 25.5 Å². The summed E-state index contributed by atoms with van der Waals surface area (Å²) < 4.78 is 6.96. The van der Waals surface area contributed by atoms with E-state index in [9.17, 15) is 4.79 Å². The summed E-state index contributed by atoms with van der Waals surface area (Å²) in [6.07, 6.45) is 2.16. The van der Waals surface area contributed by atoms with Gasteiger partial charge in [-0.05, 0) is 47.9 Å². The monoisotopic (exact) mass is 319 g/mol. The largest absolute Gasteiger partial charge is 0.494 e. The Morgan fingerprint density at radius 1 is 1.50 bits per heavy atom. The number of aromatic nitrogens is 4. The lowest BCUT2D eigenvalue weighted by molar-refractivity contribution is -0.118. The lowest BCUT2D eigenvalue weighted by Gasteiger charge is -2.10. The highest BCUT2D eigenvalue weighted by atomic mass is 32.2. The maximum Gasteiger partial charge on any atom is 0.230 e. The SMILES string of the molecule is COc1ccc(C)cc1-n1nnnc1SCC(=O)NC1CC1. The van der Waals surface area contributed by atoms with Crippen LogP contribution in [0.5, 0.6) is 5.75 Å². The van der Waals surface area contributed by atoms with Gasteiger partial charge in [0.1, 0.15) is 11.4 Å². The van der Waals surface area contributed by atoms with E-state index in [4.69, 9.17) is 4.74 Å². The van der Waals surface area contributed by atoms with Crippen molar-refractivity contribution in [3.8, 4) is 11.4 Å². The Balaban J connectivity index is 1.76. The van der Waals surface area contributed by atoms with Crippen molar-refractivity contribution >= 4 is 17.7 Å². The molecule has 1 aliphatic carbocycles. The van der Waals surface area contributed by atoms with Gasteiger partial charge in [0, 0.05) is 6.04 Å². The topological polar surface area (TPSA) is 81.9 Å². The van der Waals surface area contributed by atoms with Gasteiger partial charge in [0.25, 0.3) is 0 Å². The number of carbonyl (C=O) groups is 1. The number of nitrogens with one attached hydrogen (secondary N) is 1. The van der Waals surface area contributed by atoms with Gasteiger partial charge in [-0.2, -0.15) is 4.68 Å². The minimum absolute atomic E-state index is 0.0123. The number of methoxy groups -OCH3 is 1. The fourth-order valence-electron chi connectivity index (χ4n) is 2.01. The van der Waals surface area contributed by atoms with Crippen molar-refractivity contribution in [2.75, 3.05) is 12.9 Å². The number of thioether (sulfide) groups is 1. The van der Waals surface area contributed by atoms with Crippen LogP contribution in [-0.2, 0) is 4.79 Å². The van der Waals surface area contributed by atoms with Crippen LogP contribution in [0.1, 0.15) is 18.4 Å². The molecule has 22 heavy (non-hydrogen) atoms. The first-order valence-corrected chi connectivity index (χ1v) is 8.01. The molecule has 1 N–H and O–H groups in total. The molecule has 8 heteroatoms. The minimum atomic E-state index is 0.0123. The number of rotatable bonds is 6. The fourth-order valence-corrected chi connectivity index (χ4v) is 2.71. The van der Waals surface area contributed by atoms with Crippen molar-refractivity contribution < 1.29 is 9.53 Å². The first-order valence-electron chi connectivity index (χ1n) is 7.03. The Kier molecular flexibility index (Phi) is 4.28. The Labute approximate surface area is 132 Å². The average molecular weight is 319 g/mol. The van der Waals surface area contributed by atoms with Crippen LogP contribution >= 0.6 is 11.8 Å². The molecule has 1 amide bonds. The molecule has 0 radical (unpaired) electrons. The highest BCUT2D eigenvalue weighted by Crippen LogP contribution is 2.27. The molecule has 116 valence electrons. The molecular weight excluding hydrogens is 302 g/mol. The quantitative estimate of drug-likeness (QED) is 0.809. The molecule has 1 fully saturated rings. The summed E-state index contributed by atoms with van der Waals surface area (Å²) in [7, 11) is 1.61. The molecule has 2 aromatic rings. The number of tetrazole rings is 1. The van der Waals surface area contributed by atoms with Crippen LogP contribution in [0.2, 0.25) is 0 Å². The lowest BCUT2D eigenvalue weighted by Crippen LogP contribution is -2.27. The first-order chi connectivity index (χ1) is 10.7. The normalized spacial score (nSPS) is 13.9. The number of benzene rings is 1. The minimum Gasteiger partial charge on any atom is -0.494 e. The molecular formula is C14H17N5O2S. The molecule has 0 bridgehead atoms. The molecule has 1 aromatic heterocycles.